The van der Waals surface area contributed by atoms with Crippen molar-refractivity contribution in [1.82, 2.24) is 0 Å². The molecule has 1 aromatic rings. The summed E-state index contributed by atoms with van der Waals surface area (Å²) in [5.74, 6) is 0.0957. The van der Waals surface area contributed by atoms with E-state index in [9.17, 15) is 4.79 Å². The molecule has 0 atom stereocenters. The monoisotopic (exact) mass is 218 g/mol. The normalized spacial score (nSPS) is 17.6. The zero-order valence-electron chi connectivity index (χ0n) is 10.3. The Kier molecular flexibility index (Phi) is 2.41. The second-order valence-electron chi connectivity index (χ2n) is 4.99. The molecule has 3 nitrogen and oxygen atoms in total. The Balaban J connectivity index is 2.59. The first-order chi connectivity index (χ1) is 7.43. The largest absolute Gasteiger partial charge is 0.381 e. The molecule has 1 aromatic carbocycles. The summed E-state index contributed by atoms with van der Waals surface area (Å²) >= 11 is 0. The highest BCUT2D eigenvalue weighted by Crippen LogP contribution is 2.37. The number of aryl methyl sites for hydroxylation is 1. The molecule has 1 aliphatic rings. The summed E-state index contributed by atoms with van der Waals surface area (Å²) < 4.78 is 0. The Morgan fingerprint density at radius 2 is 2.12 bits per heavy atom. The van der Waals surface area contributed by atoms with Gasteiger partial charge in [-0.3, -0.25) is 4.79 Å². The Hall–Kier alpha value is -1.51. The molecule has 0 saturated carbocycles. The maximum atomic E-state index is 11.8. The van der Waals surface area contributed by atoms with Crippen molar-refractivity contribution in [1.29, 1.82) is 0 Å². The van der Waals surface area contributed by atoms with E-state index in [1.807, 2.05) is 17.0 Å². The van der Waals surface area contributed by atoms with E-state index in [0.717, 1.165) is 17.9 Å². The van der Waals surface area contributed by atoms with Crippen molar-refractivity contribution in [2.75, 3.05) is 16.8 Å². The van der Waals surface area contributed by atoms with E-state index in [1.54, 1.807) is 6.92 Å². The highest BCUT2D eigenvalue weighted by molar-refractivity contribution is 5.98. The molecule has 0 saturated heterocycles. The van der Waals surface area contributed by atoms with Gasteiger partial charge >= 0.3 is 0 Å². The van der Waals surface area contributed by atoms with Crippen LogP contribution in [0.5, 0.6) is 0 Å². The van der Waals surface area contributed by atoms with Crippen molar-refractivity contribution in [2.24, 2.45) is 0 Å². The minimum atomic E-state index is -0.174. The van der Waals surface area contributed by atoms with E-state index >= 15 is 0 Å². The molecule has 0 aliphatic carbocycles. The van der Waals surface area contributed by atoms with Crippen LogP contribution in [0.1, 0.15) is 26.3 Å². The summed E-state index contributed by atoms with van der Waals surface area (Å²) in [6.07, 6.45) is 0. The number of benzene rings is 1. The van der Waals surface area contributed by atoms with Gasteiger partial charge in [0, 0.05) is 13.5 Å². The third-order valence-corrected chi connectivity index (χ3v) is 3.11. The molecule has 0 radical (unpaired) electrons. The van der Waals surface area contributed by atoms with Crippen LogP contribution in [0.4, 0.5) is 11.4 Å². The van der Waals surface area contributed by atoms with Crippen LogP contribution in [0.2, 0.25) is 0 Å². The molecule has 2 rings (SSSR count). The summed E-state index contributed by atoms with van der Waals surface area (Å²) in [6.45, 7) is 8.62. The Morgan fingerprint density at radius 3 is 2.75 bits per heavy atom. The third kappa shape index (κ3) is 1.56. The number of carbonyl (C=O) groups is 1. The van der Waals surface area contributed by atoms with Gasteiger partial charge in [0.2, 0.25) is 5.91 Å². The van der Waals surface area contributed by atoms with E-state index in [1.165, 1.54) is 5.56 Å². The lowest BCUT2D eigenvalue weighted by Crippen LogP contribution is -2.54. The van der Waals surface area contributed by atoms with Crippen molar-refractivity contribution in [3.63, 3.8) is 0 Å². The summed E-state index contributed by atoms with van der Waals surface area (Å²) in [5, 5.41) is 3.41. The lowest BCUT2D eigenvalue weighted by Gasteiger charge is -2.43. The number of carbonyl (C=O) groups excluding carboxylic acids is 1. The molecule has 1 aliphatic heterocycles. The van der Waals surface area contributed by atoms with Crippen molar-refractivity contribution >= 4 is 17.3 Å². The Morgan fingerprint density at radius 1 is 1.44 bits per heavy atom. The van der Waals surface area contributed by atoms with Gasteiger partial charge in [0.25, 0.3) is 0 Å². The molecular weight excluding hydrogens is 200 g/mol. The maximum Gasteiger partial charge on any atom is 0.224 e. The molecule has 0 fully saturated rings. The lowest BCUT2D eigenvalue weighted by molar-refractivity contribution is -0.117. The van der Waals surface area contributed by atoms with Gasteiger partial charge in [-0.2, -0.15) is 0 Å². The smallest absolute Gasteiger partial charge is 0.224 e. The van der Waals surface area contributed by atoms with Gasteiger partial charge in [0.05, 0.1) is 16.9 Å². The third-order valence-electron chi connectivity index (χ3n) is 3.11. The predicted molar refractivity (Wildman–Crippen MR) is 66.9 cm³/mol. The predicted octanol–water partition coefficient (Wildman–Crippen LogP) is 2.55. The van der Waals surface area contributed by atoms with Gasteiger partial charge in [0.1, 0.15) is 0 Å². The number of anilines is 2. The molecule has 86 valence electrons. The van der Waals surface area contributed by atoms with E-state index in [-0.39, 0.29) is 11.4 Å². The summed E-state index contributed by atoms with van der Waals surface area (Å²) in [7, 11) is 0. The highest BCUT2D eigenvalue weighted by atomic mass is 16.2. The van der Waals surface area contributed by atoms with Gasteiger partial charge < -0.3 is 10.2 Å². The molecule has 1 amide bonds. The molecule has 1 N–H and O–H groups in total. The second kappa shape index (κ2) is 3.51. The van der Waals surface area contributed by atoms with E-state index in [4.69, 9.17) is 0 Å². The topological polar surface area (TPSA) is 32.3 Å². The number of amides is 1. The van der Waals surface area contributed by atoms with E-state index in [0.29, 0.717) is 0 Å². The maximum absolute atomic E-state index is 11.8. The average Bonchev–Trinajstić information content (AvgIpc) is 2.15. The molecular formula is C13H18N2O. The number of hydrogen-bond acceptors (Lipinski definition) is 2. The van der Waals surface area contributed by atoms with Gasteiger partial charge in [0.15, 0.2) is 0 Å². The van der Waals surface area contributed by atoms with Crippen LogP contribution in [-0.2, 0) is 4.79 Å². The van der Waals surface area contributed by atoms with Crippen molar-refractivity contribution in [2.45, 2.75) is 33.2 Å². The van der Waals surface area contributed by atoms with Gasteiger partial charge in [-0.05, 0) is 32.4 Å². The summed E-state index contributed by atoms with van der Waals surface area (Å²) in [5.41, 5.74) is 3.08. The Bertz CT molecular complexity index is 438. The molecule has 0 aromatic heterocycles. The fourth-order valence-corrected chi connectivity index (χ4v) is 2.37. The van der Waals surface area contributed by atoms with E-state index < -0.39 is 0 Å². The van der Waals surface area contributed by atoms with Crippen LogP contribution < -0.4 is 10.2 Å². The molecule has 0 bridgehead atoms. The molecule has 3 heteroatoms. The van der Waals surface area contributed by atoms with Gasteiger partial charge in [-0.15, -0.1) is 0 Å². The summed E-state index contributed by atoms with van der Waals surface area (Å²) in [6, 6.07) is 6.05. The zero-order valence-corrected chi connectivity index (χ0v) is 10.3. The van der Waals surface area contributed by atoms with Crippen LogP contribution in [0.15, 0.2) is 18.2 Å². The standard InChI is InChI=1S/C13H18N2O/c1-9-6-5-7-11-12(9)14-8-13(3,4)15(11)10(2)16/h5-7,14H,8H2,1-4H3. The van der Waals surface area contributed by atoms with Crippen molar-refractivity contribution < 1.29 is 4.79 Å². The fraction of sp³-hybridized carbons (Fsp3) is 0.462. The minimum Gasteiger partial charge on any atom is -0.381 e. The first-order valence-corrected chi connectivity index (χ1v) is 5.58. The second-order valence-corrected chi connectivity index (χ2v) is 4.99. The molecule has 1 heterocycles. The van der Waals surface area contributed by atoms with Gasteiger partial charge in [-0.1, -0.05) is 12.1 Å². The number of nitrogens with one attached hydrogen (secondary N) is 1. The van der Waals surface area contributed by atoms with Crippen molar-refractivity contribution in [3.05, 3.63) is 23.8 Å². The zero-order chi connectivity index (χ0) is 11.9. The van der Waals surface area contributed by atoms with E-state index in [2.05, 4.69) is 32.2 Å². The first kappa shape index (κ1) is 11.0. The fourth-order valence-electron chi connectivity index (χ4n) is 2.37. The quantitative estimate of drug-likeness (QED) is 0.725. The van der Waals surface area contributed by atoms with Crippen LogP contribution in [0, 0.1) is 6.92 Å². The summed E-state index contributed by atoms with van der Waals surface area (Å²) in [4.78, 5) is 13.7. The van der Waals surface area contributed by atoms with Crippen LogP contribution in [0.25, 0.3) is 0 Å². The Labute approximate surface area is 96.5 Å². The molecule has 0 spiro atoms. The highest BCUT2D eigenvalue weighted by Gasteiger charge is 2.35. The number of nitrogens with zero attached hydrogens (tertiary/aromatic N) is 1. The van der Waals surface area contributed by atoms with Crippen LogP contribution in [-0.4, -0.2) is 18.0 Å². The number of fused-ring (bicyclic) bond motifs is 1. The first-order valence-electron chi connectivity index (χ1n) is 5.58. The number of hydrogen-bond donors (Lipinski definition) is 1. The lowest BCUT2D eigenvalue weighted by atomic mass is 9.96. The minimum absolute atomic E-state index is 0.0957. The number of para-hydroxylation sites is 1. The van der Waals surface area contributed by atoms with Crippen molar-refractivity contribution in [3.8, 4) is 0 Å². The van der Waals surface area contributed by atoms with Gasteiger partial charge in [-0.25, -0.2) is 0 Å². The number of rotatable bonds is 0. The molecule has 0 unspecified atom stereocenters. The molecule has 16 heavy (non-hydrogen) atoms. The SMILES string of the molecule is CC(=O)N1c2cccc(C)c2NCC1(C)C. The van der Waals surface area contributed by atoms with Crippen LogP contribution in [0.3, 0.4) is 0 Å². The van der Waals surface area contributed by atoms with Crippen LogP contribution >= 0.6 is 0 Å². The average molecular weight is 218 g/mol.